The van der Waals surface area contributed by atoms with Crippen LogP contribution in [0.5, 0.6) is 5.75 Å². The summed E-state index contributed by atoms with van der Waals surface area (Å²) in [4.78, 5) is 34.1. The average molecular weight is 414 g/mol. The first-order valence-electron chi connectivity index (χ1n) is 9.66. The molecule has 0 spiro atoms. The van der Waals surface area contributed by atoms with Gasteiger partial charge in [0.2, 0.25) is 0 Å². The fourth-order valence-corrected chi connectivity index (χ4v) is 2.83. The second-order valence-corrected chi connectivity index (χ2v) is 7.30. The Morgan fingerprint density at radius 2 is 1.70 bits per heavy atom. The van der Waals surface area contributed by atoms with E-state index in [1.54, 1.807) is 6.07 Å². The molecular formula is C22H26N2O6. The molecule has 1 amide bonds. The van der Waals surface area contributed by atoms with Crippen molar-refractivity contribution in [3.05, 3.63) is 69.8 Å². The number of nitro groups is 1. The lowest BCUT2D eigenvalue weighted by Gasteiger charge is -2.15. The molecule has 30 heavy (non-hydrogen) atoms. The van der Waals surface area contributed by atoms with Crippen LogP contribution in [-0.4, -0.2) is 30.0 Å². The summed E-state index contributed by atoms with van der Waals surface area (Å²) in [5.74, 6) is -0.722. The molecule has 2 aromatic carbocycles. The zero-order chi connectivity index (χ0) is 22.1. The molecule has 1 N–H and O–H groups in total. The molecule has 8 nitrogen and oxygen atoms in total. The summed E-state index contributed by atoms with van der Waals surface area (Å²) < 4.78 is 10.0. The number of carbonyl (C=O) groups excluding carboxylic acids is 2. The van der Waals surface area contributed by atoms with E-state index in [1.165, 1.54) is 23.8 Å². The summed E-state index contributed by atoms with van der Waals surface area (Å²) in [5, 5.41) is 13.7. The van der Waals surface area contributed by atoms with E-state index in [-0.39, 0.29) is 17.5 Å². The van der Waals surface area contributed by atoms with Gasteiger partial charge < -0.3 is 14.8 Å². The maximum Gasteiger partial charge on any atom is 0.344 e. The summed E-state index contributed by atoms with van der Waals surface area (Å²) in [6.07, 6.45) is 0.991. The van der Waals surface area contributed by atoms with E-state index in [2.05, 4.69) is 19.2 Å². The number of hydrogen-bond donors (Lipinski definition) is 1. The van der Waals surface area contributed by atoms with Crippen molar-refractivity contribution >= 4 is 17.6 Å². The number of amides is 1. The van der Waals surface area contributed by atoms with Crippen molar-refractivity contribution in [2.45, 2.75) is 33.2 Å². The molecule has 0 fully saturated rings. The Labute approximate surface area is 175 Å². The Kier molecular flexibility index (Phi) is 8.34. The quantitative estimate of drug-likeness (QED) is 0.362. The van der Waals surface area contributed by atoms with E-state index in [0.29, 0.717) is 5.92 Å². The van der Waals surface area contributed by atoms with Crippen LogP contribution >= 0.6 is 0 Å². The fourth-order valence-electron chi connectivity index (χ4n) is 2.83. The monoisotopic (exact) mass is 414 g/mol. The van der Waals surface area contributed by atoms with Crippen LogP contribution in [-0.2, 0) is 20.7 Å². The first kappa shape index (κ1) is 22.9. The highest BCUT2D eigenvalue weighted by Crippen LogP contribution is 2.25. The lowest BCUT2D eigenvalue weighted by atomic mass is 10.00. The van der Waals surface area contributed by atoms with Crippen LogP contribution in [0.15, 0.2) is 48.5 Å². The van der Waals surface area contributed by atoms with Gasteiger partial charge >= 0.3 is 11.7 Å². The lowest BCUT2D eigenvalue weighted by molar-refractivity contribution is -0.385. The SMILES string of the molecule is CC(C)Cc1ccc([C@@H](C)NC(=O)COC(=O)COc2ccccc2[N+](=O)[O-])cc1. The van der Waals surface area contributed by atoms with Gasteiger partial charge in [-0.3, -0.25) is 14.9 Å². The van der Waals surface area contributed by atoms with Gasteiger partial charge in [-0.05, 0) is 36.5 Å². The first-order chi connectivity index (χ1) is 14.3. The molecule has 0 bridgehead atoms. The maximum atomic E-state index is 12.0. The first-order valence-corrected chi connectivity index (χ1v) is 9.66. The number of esters is 1. The standard InChI is InChI=1S/C22H26N2O6/c1-15(2)12-17-8-10-18(11-9-17)16(3)23-21(25)13-30-22(26)14-29-20-7-5-4-6-19(20)24(27)28/h4-11,15-16H,12-14H2,1-3H3,(H,23,25)/t16-/m1/s1. The normalized spacial score (nSPS) is 11.6. The summed E-state index contributed by atoms with van der Waals surface area (Å²) in [5.41, 5.74) is 1.93. The van der Waals surface area contributed by atoms with Gasteiger partial charge in [0.1, 0.15) is 0 Å². The van der Waals surface area contributed by atoms with Crippen molar-refractivity contribution in [3.63, 3.8) is 0 Å². The molecule has 2 aromatic rings. The highest BCUT2D eigenvalue weighted by molar-refractivity contribution is 5.81. The van der Waals surface area contributed by atoms with Gasteiger partial charge in [0, 0.05) is 6.07 Å². The number of ether oxygens (including phenoxy) is 2. The van der Waals surface area contributed by atoms with Gasteiger partial charge in [-0.2, -0.15) is 0 Å². The molecule has 2 rings (SSSR count). The smallest absolute Gasteiger partial charge is 0.344 e. The van der Waals surface area contributed by atoms with E-state index in [9.17, 15) is 19.7 Å². The van der Waals surface area contributed by atoms with Crippen LogP contribution in [0.2, 0.25) is 0 Å². The zero-order valence-electron chi connectivity index (χ0n) is 17.3. The summed E-state index contributed by atoms with van der Waals surface area (Å²) in [6.45, 7) is 5.16. The van der Waals surface area contributed by atoms with Gasteiger partial charge in [-0.1, -0.05) is 50.2 Å². The number of hydrogen-bond acceptors (Lipinski definition) is 6. The number of para-hydroxylation sites is 2. The third-order valence-corrected chi connectivity index (χ3v) is 4.27. The zero-order valence-corrected chi connectivity index (χ0v) is 17.3. The number of nitrogens with one attached hydrogen (secondary N) is 1. The molecule has 0 unspecified atom stereocenters. The summed E-state index contributed by atoms with van der Waals surface area (Å²) in [6, 6.07) is 13.5. The molecule has 0 heterocycles. The minimum atomic E-state index is -0.797. The van der Waals surface area contributed by atoms with Gasteiger partial charge in [0.05, 0.1) is 11.0 Å². The molecule has 0 aliphatic carbocycles. The van der Waals surface area contributed by atoms with Gasteiger partial charge in [0.25, 0.3) is 5.91 Å². The molecule has 1 atom stereocenters. The van der Waals surface area contributed by atoms with Crippen LogP contribution in [0.4, 0.5) is 5.69 Å². The van der Waals surface area contributed by atoms with Crippen molar-refractivity contribution in [1.82, 2.24) is 5.32 Å². The largest absolute Gasteiger partial charge is 0.475 e. The van der Waals surface area contributed by atoms with Crippen molar-refractivity contribution < 1.29 is 24.0 Å². The van der Waals surface area contributed by atoms with Gasteiger partial charge in [-0.15, -0.1) is 0 Å². The van der Waals surface area contributed by atoms with E-state index < -0.39 is 30.0 Å². The predicted molar refractivity (Wildman–Crippen MR) is 111 cm³/mol. The van der Waals surface area contributed by atoms with Crippen LogP contribution < -0.4 is 10.1 Å². The Hall–Kier alpha value is -3.42. The summed E-state index contributed by atoms with van der Waals surface area (Å²) in [7, 11) is 0. The van der Waals surface area contributed by atoms with E-state index in [0.717, 1.165) is 12.0 Å². The minimum absolute atomic E-state index is 0.0431. The Bertz CT molecular complexity index is 879. The molecule has 0 aliphatic heterocycles. The highest BCUT2D eigenvalue weighted by Gasteiger charge is 2.16. The molecule has 0 radical (unpaired) electrons. The van der Waals surface area contributed by atoms with Crippen molar-refractivity contribution in [3.8, 4) is 5.75 Å². The van der Waals surface area contributed by atoms with Crippen molar-refractivity contribution in [1.29, 1.82) is 0 Å². The highest BCUT2D eigenvalue weighted by atomic mass is 16.6. The molecule has 0 aromatic heterocycles. The number of benzene rings is 2. The number of nitrogens with zero attached hydrogens (tertiary/aromatic N) is 1. The lowest BCUT2D eigenvalue weighted by Crippen LogP contribution is -2.32. The third-order valence-electron chi connectivity index (χ3n) is 4.27. The molecule has 0 saturated heterocycles. The molecule has 0 aliphatic rings. The number of nitro benzene ring substituents is 1. The Morgan fingerprint density at radius 1 is 1.03 bits per heavy atom. The number of carbonyl (C=O) groups is 2. The Balaban J connectivity index is 1.77. The predicted octanol–water partition coefficient (Wildman–Crippen LogP) is 3.59. The van der Waals surface area contributed by atoms with E-state index in [4.69, 9.17) is 9.47 Å². The molecular weight excluding hydrogens is 388 g/mol. The van der Waals surface area contributed by atoms with E-state index in [1.807, 2.05) is 31.2 Å². The second kappa shape index (κ2) is 10.9. The van der Waals surface area contributed by atoms with Gasteiger partial charge in [0.15, 0.2) is 19.0 Å². The average Bonchev–Trinajstić information content (AvgIpc) is 2.70. The van der Waals surface area contributed by atoms with Crippen molar-refractivity contribution in [2.75, 3.05) is 13.2 Å². The summed E-state index contributed by atoms with van der Waals surface area (Å²) >= 11 is 0. The molecule has 0 saturated carbocycles. The van der Waals surface area contributed by atoms with Crippen LogP contribution in [0.3, 0.4) is 0 Å². The molecule has 8 heteroatoms. The fraction of sp³-hybridized carbons (Fsp3) is 0.364. The van der Waals surface area contributed by atoms with Crippen molar-refractivity contribution in [2.24, 2.45) is 5.92 Å². The van der Waals surface area contributed by atoms with Gasteiger partial charge in [-0.25, -0.2) is 4.79 Å². The number of rotatable bonds is 10. The second-order valence-electron chi connectivity index (χ2n) is 7.30. The van der Waals surface area contributed by atoms with Crippen LogP contribution in [0, 0.1) is 16.0 Å². The van der Waals surface area contributed by atoms with Crippen LogP contribution in [0.1, 0.15) is 37.9 Å². The van der Waals surface area contributed by atoms with E-state index >= 15 is 0 Å². The third kappa shape index (κ3) is 7.20. The topological polar surface area (TPSA) is 108 Å². The Morgan fingerprint density at radius 3 is 2.33 bits per heavy atom. The molecule has 160 valence electrons. The minimum Gasteiger partial charge on any atom is -0.475 e. The van der Waals surface area contributed by atoms with Crippen LogP contribution in [0.25, 0.3) is 0 Å². The maximum absolute atomic E-state index is 12.0.